The number of halogens is 1. The minimum Gasteiger partial charge on any atom is -0.361 e. The van der Waals surface area contributed by atoms with Gasteiger partial charge in [0, 0.05) is 55.9 Å². The number of nitrogens with zero attached hydrogens (tertiary/aromatic N) is 2. The van der Waals surface area contributed by atoms with Crippen LogP contribution in [0.5, 0.6) is 0 Å². The minimum absolute atomic E-state index is 0. The number of nitrogens with one attached hydrogen (secondary N) is 3. The molecule has 6 heteroatoms. The van der Waals surface area contributed by atoms with E-state index >= 15 is 0 Å². The number of aliphatic imine (C=N–C) groups is 1. The predicted molar refractivity (Wildman–Crippen MR) is 136 cm³/mol. The molecule has 0 unspecified atom stereocenters. The number of piperidine rings is 1. The van der Waals surface area contributed by atoms with Crippen LogP contribution in [0.15, 0.2) is 41.5 Å². The van der Waals surface area contributed by atoms with Crippen molar-refractivity contribution in [3.05, 3.63) is 47.7 Å². The van der Waals surface area contributed by atoms with Crippen molar-refractivity contribution in [2.24, 2.45) is 4.99 Å². The van der Waals surface area contributed by atoms with E-state index < -0.39 is 0 Å². The Balaban J connectivity index is 0.00000300. The lowest BCUT2D eigenvalue weighted by molar-refractivity contribution is 0.221. The molecule has 0 atom stereocenters. The van der Waals surface area contributed by atoms with Crippen LogP contribution in [0.4, 0.5) is 0 Å². The standard InChI is InChI=1S/C23H35N5.HI/c1-5-24-23(27-20-10-13-28(14-11-20)16-17(2)3)25-12-9-19-15-26-22-18(4)7-6-8-21(19)22;/h6-8,15,20,26H,2,5,9-14,16H2,1,3-4H3,(H2,24,25,27);1H. The van der Waals surface area contributed by atoms with Gasteiger partial charge in [-0.05, 0) is 51.2 Å². The van der Waals surface area contributed by atoms with Crippen LogP contribution in [0.2, 0.25) is 0 Å². The zero-order valence-corrected chi connectivity index (χ0v) is 20.4. The summed E-state index contributed by atoms with van der Waals surface area (Å²) in [4.78, 5) is 10.7. The molecule has 1 aromatic heterocycles. The van der Waals surface area contributed by atoms with Gasteiger partial charge < -0.3 is 15.6 Å². The first-order chi connectivity index (χ1) is 13.6. The van der Waals surface area contributed by atoms with Crippen molar-refractivity contribution in [1.82, 2.24) is 20.5 Å². The van der Waals surface area contributed by atoms with Crippen LogP contribution in [0.25, 0.3) is 10.9 Å². The van der Waals surface area contributed by atoms with Crippen molar-refractivity contribution < 1.29 is 0 Å². The highest BCUT2D eigenvalue weighted by Gasteiger charge is 2.19. The molecular formula is C23H36IN5. The number of aromatic amines is 1. The van der Waals surface area contributed by atoms with Gasteiger partial charge in [-0.15, -0.1) is 24.0 Å². The SMILES string of the molecule is C=C(C)CN1CCC(NC(=NCCc2c[nH]c3c(C)cccc23)NCC)CC1.I. The molecule has 3 rings (SSSR count). The maximum absolute atomic E-state index is 4.83. The average Bonchev–Trinajstić information content (AvgIpc) is 3.08. The molecule has 1 fully saturated rings. The Hall–Kier alpha value is -1.54. The first-order valence-electron chi connectivity index (χ1n) is 10.5. The molecule has 1 aliphatic heterocycles. The van der Waals surface area contributed by atoms with E-state index in [9.17, 15) is 0 Å². The third-order valence-corrected chi connectivity index (χ3v) is 5.43. The number of hydrogen-bond donors (Lipinski definition) is 3. The summed E-state index contributed by atoms with van der Waals surface area (Å²) in [7, 11) is 0. The zero-order chi connectivity index (χ0) is 19.9. The monoisotopic (exact) mass is 509 g/mol. The zero-order valence-electron chi connectivity index (χ0n) is 18.1. The van der Waals surface area contributed by atoms with Crippen LogP contribution in [-0.4, -0.2) is 54.6 Å². The van der Waals surface area contributed by atoms with Gasteiger partial charge in [-0.25, -0.2) is 0 Å². The normalized spacial score (nSPS) is 15.9. The molecule has 0 aliphatic carbocycles. The van der Waals surface area contributed by atoms with E-state index in [1.807, 2.05) is 0 Å². The Morgan fingerprint density at radius 3 is 2.76 bits per heavy atom. The number of hydrogen-bond acceptors (Lipinski definition) is 2. The molecule has 5 nitrogen and oxygen atoms in total. The fourth-order valence-electron chi connectivity index (χ4n) is 3.99. The van der Waals surface area contributed by atoms with Gasteiger partial charge in [0.2, 0.25) is 0 Å². The summed E-state index contributed by atoms with van der Waals surface area (Å²) in [5.74, 6) is 0.942. The van der Waals surface area contributed by atoms with E-state index in [1.54, 1.807) is 0 Å². The Kier molecular flexibility index (Phi) is 9.49. The second-order valence-electron chi connectivity index (χ2n) is 7.97. The molecule has 1 saturated heterocycles. The predicted octanol–water partition coefficient (Wildman–Crippen LogP) is 4.23. The van der Waals surface area contributed by atoms with Crippen molar-refractivity contribution in [3.63, 3.8) is 0 Å². The molecule has 1 aromatic carbocycles. The van der Waals surface area contributed by atoms with Gasteiger partial charge in [0.25, 0.3) is 0 Å². The van der Waals surface area contributed by atoms with Gasteiger partial charge in [-0.1, -0.05) is 30.4 Å². The number of aryl methyl sites for hydroxylation is 1. The molecule has 0 spiro atoms. The Morgan fingerprint density at radius 1 is 1.31 bits per heavy atom. The van der Waals surface area contributed by atoms with E-state index in [0.29, 0.717) is 6.04 Å². The third-order valence-electron chi connectivity index (χ3n) is 5.43. The third kappa shape index (κ3) is 6.74. The summed E-state index contributed by atoms with van der Waals surface area (Å²) in [5, 5.41) is 8.36. The molecule has 29 heavy (non-hydrogen) atoms. The van der Waals surface area contributed by atoms with Crippen LogP contribution >= 0.6 is 24.0 Å². The number of aromatic nitrogens is 1. The summed E-state index contributed by atoms with van der Waals surface area (Å²) < 4.78 is 0. The topological polar surface area (TPSA) is 55.5 Å². The maximum Gasteiger partial charge on any atom is 0.191 e. The van der Waals surface area contributed by atoms with Gasteiger partial charge in [0.1, 0.15) is 0 Å². The highest BCUT2D eigenvalue weighted by atomic mass is 127. The van der Waals surface area contributed by atoms with Gasteiger partial charge in [-0.2, -0.15) is 0 Å². The fourth-order valence-corrected chi connectivity index (χ4v) is 3.99. The van der Waals surface area contributed by atoms with Crippen molar-refractivity contribution in [3.8, 4) is 0 Å². The van der Waals surface area contributed by atoms with Crippen LogP contribution in [0.3, 0.4) is 0 Å². The number of para-hydroxylation sites is 1. The smallest absolute Gasteiger partial charge is 0.191 e. The first-order valence-corrected chi connectivity index (χ1v) is 10.5. The molecule has 2 heterocycles. The molecule has 0 saturated carbocycles. The summed E-state index contributed by atoms with van der Waals surface area (Å²) in [6.07, 6.45) is 5.38. The van der Waals surface area contributed by atoms with Crippen molar-refractivity contribution in [2.75, 3.05) is 32.7 Å². The quantitative estimate of drug-likeness (QED) is 0.227. The van der Waals surface area contributed by atoms with E-state index in [2.05, 4.69) is 72.3 Å². The van der Waals surface area contributed by atoms with Crippen LogP contribution < -0.4 is 10.6 Å². The van der Waals surface area contributed by atoms with Crippen LogP contribution in [0.1, 0.15) is 37.8 Å². The van der Waals surface area contributed by atoms with Gasteiger partial charge in [0.15, 0.2) is 5.96 Å². The molecule has 0 radical (unpaired) electrons. The van der Waals surface area contributed by atoms with Gasteiger partial charge in [0.05, 0.1) is 0 Å². The second kappa shape index (κ2) is 11.6. The highest BCUT2D eigenvalue weighted by molar-refractivity contribution is 14.0. The van der Waals surface area contributed by atoms with E-state index in [0.717, 1.165) is 57.9 Å². The van der Waals surface area contributed by atoms with Gasteiger partial charge in [-0.3, -0.25) is 9.89 Å². The number of guanidine groups is 1. The van der Waals surface area contributed by atoms with Crippen LogP contribution in [-0.2, 0) is 6.42 Å². The number of fused-ring (bicyclic) bond motifs is 1. The molecular weight excluding hydrogens is 473 g/mol. The van der Waals surface area contributed by atoms with Crippen LogP contribution in [0, 0.1) is 6.92 Å². The Morgan fingerprint density at radius 2 is 2.07 bits per heavy atom. The van der Waals surface area contributed by atoms with E-state index in [4.69, 9.17) is 4.99 Å². The number of rotatable bonds is 7. The van der Waals surface area contributed by atoms with Crippen molar-refractivity contribution in [2.45, 2.75) is 46.1 Å². The number of benzene rings is 1. The largest absolute Gasteiger partial charge is 0.361 e. The highest BCUT2D eigenvalue weighted by Crippen LogP contribution is 2.21. The molecule has 1 aliphatic rings. The molecule has 160 valence electrons. The summed E-state index contributed by atoms with van der Waals surface area (Å²) in [6.45, 7) is 15.3. The van der Waals surface area contributed by atoms with Crippen molar-refractivity contribution in [1.29, 1.82) is 0 Å². The molecule has 0 bridgehead atoms. The molecule has 3 N–H and O–H groups in total. The average molecular weight is 509 g/mol. The maximum atomic E-state index is 4.83. The first kappa shape index (κ1) is 23.7. The van der Waals surface area contributed by atoms with Crippen molar-refractivity contribution >= 4 is 40.8 Å². The van der Waals surface area contributed by atoms with E-state index in [1.165, 1.54) is 27.6 Å². The summed E-state index contributed by atoms with van der Waals surface area (Å²) in [6, 6.07) is 6.97. The lowest BCUT2D eigenvalue weighted by Crippen LogP contribution is -2.48. The number of likely N-dealkylation sites (tertiary alicyclic amines) is 1. The lowest BCUT2D eigenvalue weighted by Gasteiger charge is -2.33. The summed E-state index contributed by atoms with van der Waals surface area (Å²) >= 11 is 0. The number of H-pyrrole nitrogens is 1. The van der Waals surface area contributed by atoms with E-state index in [-0.39, 0.29) is 24.0 Å². The molecule has 2 aromatic rings. The summed E-state index contributed by atoms with van der Waals surface area (Å²) in [5.41, 5.74) is 5.12. The Bertz CT molecular complexity index is 818. The minimum atomic E-state index is 0. The molecule has 0 amide bonds. The Labute approximate surface area is 192 Å². The lowest BCUT2D eigenvalue weighted by atomic mass is 10.0. The fraction of sp³-hybridized carbons (Fsp3) is 0.522. The second-order valence-corrected chi connectivity index (χ2v) is 7.97. The van der Waals surface area contributed by atoms with Gasteiger partial charge >= 0.3 is 0 Å².